The smallest absolute Gasteiger partial charge is 0.224 e. The molecule has 8 heteroatoms. The second-order valence-electron chi connectivity index (χ2n) is 9.57. The molecule has 180 valence electrons. The van der Waals surface area contributed by atoms with Gasteiger partial charge in [0, 0.05) is 57.1 Å². The van der Waals surface area contributed by atoms with Gasteiger partial charge in [0.15, 0.2) is 0 Å². The molecule has 1 aromatic heterocycles. The fourth-order valence-electron chi connectivity index (χ4n) is 5.11. The molecule has 1 N–H and O–H groups in total. The average molecular weight is 458 g/mol. The first-order valence-corrected chi connectivity index (χ1v) is 12.0. The Bertz CT molecular complexity index is 920. The lowest BCUT2D eigenvalue weighted by Crippen LogP contribution is -2.48. The molecule has 4 rings (SSSR count). The number of imidazole rings is 1. The van der Waals surface area contributed by atoms with Crippen LogP contribution in [0.1, 0.15) is 31.5 Å². The molecule has 33 heavy (non-hydrogen) atoms. The van der Waals surface area contributed by atoms with Crippen molar-refractivity contribution in [2.75, 3.05) is 39.8 Å². The second-order valence-corrected chi connectivity index (χ2v) is 9.57. The van der Waals surface area contributed by atoms with Crippen LogP contribution in [0.4, 0.5) is 4.39 Å². The van der Waals surface area contributed by atoms with Crippen molar-refractivity contribution in [3.63, 3.8) is 0 Å². The van der Waals surface area contributed by atoms with Crippen LogP contribution in [0.2, 0.25) is 0 Å². The van der Waals surface area contributed by atoms with E-state index in [0.717, 1.165) is 31.8 Å². The summed E-state index contributed by atoms with van der Waals surface area (Å²) in [5.41, 5.74) is 0. The highest BCUT2D eigenvalue weighted by atomic mass is 19.1. The molecule has 1 unspecified atom stereocenters. The summed E-state index contributed by atoms with van der Waals surface area (Å²) in [4.78, 5) is 22.2. The van der Waals surface area contributed by atoms with E-state index in [-0.39, 0.29) is 23.6 Å². The number of nitrogens with one attached hydrogen (secondary N) is 1. The predicted molar refractivity (Wildman–Crippen MR) is 125 cm³/mol. The van der Waals surface area contributed by atoms with Crippen LogP contribution < -0.4 is 10.1 Å². The summed E-state index contributed by atoms with van der Waals surface area (Å²) in [6, 6.07) is 6.80. The van der Waals surface area contributed by atoms with Gasteiger partial charge in [-0.3, -0.25) is 9.69 Å². The van der Waals surface area contributed by atoms with Gasteiger partial charge in [-0.05, 0) is 51.4 Å². The Morgan fingerprint density at radius 1 is 1.30 bits per heavy atom. The largest absolute Gasteiger partial charge is 0.493 e. The molecular formula is C25H36FN5O2. The van der Waals surface area contributed by atoms with Gasteiger partial charge >= 0.3 is 0 Å². The number of aromatic nitrogens is 2. The van der Waals surface area contributed by atoms with E-state index >= 15 is 0 Å². The molecule has 0 radical (unpaired) electrons. The maximum atomic E-state index is 13.5. The fourth-order valence-corrected chi connectivity index (χ4v) is 5.11. The van der Waals surface area contributed by atoms with Gasteiger partial charge in [-0.1, -0.05) is 6.07 Å². The van der Waals surface area contributed by atoms with Crippen LogP contribution >= 0.6 is 0 Å². The van der Waals surface area contributed by atoms with Crippen molar-refractivity contribution < 1.29 is 13.9 Å². The number of piperidine rings is 1. The summed E-state index contributed by atoms with van der Waals surface area (Å²) in [6.07, 6.45) is 7.96. The molecule has 3 atom stereocenters. The van der Waals surface area contributed by atoms with Crippen LogP contribution in [0.3, 0.4) is 0 Å². The highest BCUT2D eigenvalue weighted by Gasteiger charge is 2.32. The first-order valence-electron chi connectivity index (χ1n) is 12.0. The first-order chi connectivity index (χ1) is 16.0. The van der Waals surface area contributed by atoms with Gasteiger partial charge in [0.1, 0.15) is 17.4 Å². The maximum absolute atomic E-state index is 13.5. The standard InChI is InChI=1S/C25H36FN5O2/c1-29-11-4-6-22(29)8-9-28-25(32)20-13-19(18-33-23-7-3-5-21(26)14-23)15-31(16-20)17-24-27-10-12-30(24)2/h3,5,7,10,12,14,19-20,22H,4,6,8-9,11,13,15-18H2,1-2H3,(H,28,32)/t19-,20+,22?/m0/s1. The molecule has 7 nitrogen and oxygen atoms in total. The summed E-state index contributed by atoms with van der Waals surface area (Å²) in [6.45, 7) is 4.54. The second kappa shape index (κ2) is 11.1. The van der Waals surface area contributed by atoms with Crippen molar-refractivity contribution in [3.05, 3.63) is 48.3 Å². The summed E-state index contributed by atoms with van der Waals surface area (Å²) >= 11 is 0. The van der Waals surface area contributed by atoms with Gasteiger partial charge in [0.2, 0.25) is 5.91 Å². The molecule has 0 spiro atoms. The van der Waals surface area contributed by atoms with Crippen LogP contribution in [0.25, 0.3) is 0 Å². The molecule has 2 fully saturated rings. The third-order valence-corrected chi connectivity index (χ3v) is 7.00. The zero-order valence-electron chi connectivity index (χ0n) is 19.8. The lowest BCUT2D eigenvalue weighted by Gasteiger charge is -2.37. The number of nitrogens with zero attached hydrogens (tertiary/aromatic N) is 4. The SMILES string of the molecule is CN1CCCC1CCNC(=O)[C@@H]1C[C@H](COc2cccc(F)c2)CN(Cc2nccn2C)C1. The van der Waals surface area contributed by atoms with E-state index < -0.39 is 0 Å². The van der Waals surface area contributed by atoms with Crippen molar-refractivity contribution in [3.8, 4) is 5.75 Å². The van der Waals surface area contributed by atoms with E-state index in [1.165, 1.54) is 25.0 Å². The molecule has 2 aliphatic rings. The summed E-state index contributed by atoms with van der Waals surface area (Å²) in [5, 5.41) is 3.19. The van der Waals surface area contributed by atoms with Gasteiger partial charge in [0.25, 0.3) is 0 Å². The number of halogens is 1. The van der Waals surface area contributed by atoms with E-state index in [1.54, 1.807) is 18.3 Å². The van der Waals surface area contributed by atoms with E-state index in [1.807, 2.05) is 17.8 Å². The quantitative estimate of drug-likeness (QED) is 0.627. The zero-order chi connectivity index (χ0) is 23.2. The minimum absolute atomic E-state index is 0.0959. The molecular weight excluding hydrogens is 421 g/mol. The number of carbonyl (C=O) groups excluding carboxylic acids is 1. The first kappa shape index (κ1) is 23.7. The number of rotatable bonds is 9. The minimum Gasteiger partial charge on any atom is -0.493 e. The van der Waals surface area contributed by atoms with Crippen molar-refractivity contribution in [2.24, 2.45) is 18.9 Å². The zero-order valence-corrected chi connectivity index (χ0v) is 19.8. The number of amides is 1. The average Bonchev–Trinajstić information content (AvgIpc) is 3.40. The number of aryl methyl sites for hydroxylation is 1. The number of likely N-dealkylation sites (tertiary alicyclic amines) is 2. The van der Waals surface area contributed by atoms with Gasteiger partial charge in [0.05, 0.1) is 19.1 Å². The summed E-state index contributed by atoms with van der Waals surface area (Å²) in [7, 11) is 4.15. The highest BCUT2D eigenvalue weighted by Crippen LogP contribution is 2.25. The van der Waals surface area contributed by atoms with Crippen molar-refractivity contribution in [2.45, 2.75) is 38.3 Å². The number of hydrogen-bond donors (Lipinski definition) is 1. The van der Waals surface area contributed by atoms with Crippen molar-refractivity contribution >= 4 is 5.91 Å². The third kappa shape index (κ3) is 6.54. The predicted octanol–water partition coefficient (Wildman–Crippen LogP) is 2.68. The van der Waals surface area contributed by atoms with Crippen LogP contribution in [0.5, 0.6) is 5.75 Å². The number of carbonyl (C=O) groups is 1. The Hall–Kier alpha value is -2.45. The van der Waals surface area contributed by atoms with Crippen molar-refractivity contribution in [1.82, 2.24) is 24.7 Å². The Labute approximate surface area is 195 Å². The van der Waals surface area contributed by atoms with Crippen LogP contribution in [0.15, 0.2) is 36.7 Å². The summed E-state index contributed by atoms with van der Waals surface area (Å²) < 4.78 is 21.4. The molecule has 1 aromatic carbocycles. The molecule has 3 heterocycles. The van der Waals surface area contributed by atoms with E-state index in [4.69, 9.17) is 4.74 Å². The van der Waals surface area contributed by atoms with Gasteiger partial charge in [-0.15, -0.1) is 0 Å². The van der Waals surface area contributed by atoms with E-state index in [2.05, 4.69) is 27.1 Å². The molecule has 0 bridgehead atoms. The fraction of sp³-hybridized carbons (Fsp3) is 0.600. The number of benzene rings is 1. The lowest BCUT2D eigenvalue weighted by molar-refractivity contribution is -0.127. The number of hydrogen-bond acceptors (Lipinski definition) is 5. The maximum Gasteiger partial charge on any atom is 0.224 e. The van der Waals surface area contributed by atoms with E-state index in [0.29, 0.717) is 38.0 Å². The van der Waals surface area contributed by atoms with Gasteiger partial charge in [-0.25, -0.2) is 9.37 Å². The molecule has 0 saturated carbocycles. The van der Waals surface area contributed by atoms with Crippen LogP contribution in [-0.4, -0.2) is 71.1 Å². The van der Waals surface area contributed by atoms with Gasteiger partial charge < -0.3 is 19.5 Å². The van der Waals surface area contributed by atoms with Crippen LogP contribution in [0, 0.1) is 17.7 Å². The summed E-state index contributed by atoms with van der Waals surface area (Å²) in [5.74, 6) is 1.40. The molecule has 2 saturated heterocycles. The van der Waals surface area contributed by atoms with Gasteiger partial charge in [-0.2, -0.15) is 0 Å². The Kier molecular flexibility index (Phi) is 7.98. The third-order valence-electron chi connectivity index (χ3n) is 7.00. The highest BCUT2D eigenvalue weighted by molar-refractivity contribution is 5.79. The Balaban J connectivity index is 1.35. The monoisotopic (exact) mass is 457 g/mol. The van der Waals surface area contributed by atoms with Crippen LogP contribution in [-0.2, 0) is 18.4 Å². The molecule has 1 amide bonds. The molecule has 0 aliphatic carbocycles. The minimum atomic E-state index is -0.308. The Morgan fingerprint density at radius 2 is 2.18 bits per heavy atom. The lowest BCUT2D eigenvalue weighted by atomic mass is 9.88. The topological polar surface area (TPSA) is 62.6 Å². The Morgan fingerprint density at radius 3 is 2.91 bits per heavy atom. The van der Waals surface area contributed by atoms with E-state index in [9.17, 15) is 9.18 Å². The molecule has 2 aliphatic heterocycles. The number of ether oxygens (including phenoxy) is 1. The molecule has 2 aromatic rings. The normalized spacial score (nSPS) is 24.2. The van der Waals surface area contributed by atoms with Crippen molar-refractivity contribution in [1.29, 1.82) is 0 Å².